The van der Waals surface area contributed by atoms with Gasteiger partial charge in [0.15, 0.2) is 0 Å². The first-order chi connectivity index (χ1) is 11.5. The molecule has 2 aromatic carbocycles. The Bertz CT molecular complexity index is 888. The smallest absolute Gasteiger partial charge is 0.319 e. The summed E-state index contributed by atoms with van der Waals surface area (Å²) in [4.78, 5) is 21.1. The summed E-state index contributed by atoms with van der Waals surface area (Å²) in [7, 11) is 0. The van der Waals surface area contributed by atoms with E-state index >= 15 is 0 Å². The lowest BCUT2D eigenvalue weighted by atomic mass is 10.1. The van der Waals surface area contributed by atoms with Crippen molar-refractivity contribution in [2.45, 2.75) is 27.3 Å². The van der Waals surface area contributed by atoms with Crippen molar-refractivity contribution in [3.63, 3.8) is 0 Å². The second-order valence-corrected chi connectivity index (χ2v) is 5.89. The lowest BCUT2D eigenvalue weighted by Crippen LogP contribution is -2.28. The highest BCUT2D eigenvalue weighted by molar-refractivity contribution is 5.91. The molecule has 2 N–H and O–H groups in total. The summed E-state index contributed by atoms with van der Waals surface area (Å²) in [6.07, 6.45) is 0. The standard InChI is InChI=1S/C19H20N4O/c1-12-4-6-15(7-5-12)11-20-19(24)23-16-8-9-17-18(10-16)22-14(3)13(2)21-17/h4-10H,11H2,1-3H3,(H2,20,23,24). The fourth-order valence-electron chi connectivity index (χ4n) is 2.37. The summed E-state index contributed by atoms with van der Waals surface area (Å²) in [6.45, 7) is 6.39. The van der Waals surface area contributed by atoms with Crippen LogP contribution in [0.15, 0.2) is 42.5 Å². The van der Waals surface area contributed by atoms with Crippen LogP contribution in [0, 0.1) is 20.8 Å². The summed E-state index contributed by atoms with van der Waals surface area (Å²) in [5.74, 6) is 0. The fourth-order valence-corrected chi connectivity index (χ4v) is 2.37. The average Bonchev–Trinajstić information content (AvgIpc) is 2.56. The number of carbonyl (C=O) groups excluding carboxylic acids is 1. The van der Waals surface area contributed by atoms with Crippen molar-refractivity contribution in [2.75, 3.05) is 5.32 Å². The third kappa shape index (κ3) is 3.68. The van der Waals surface area contributed by atoms with Gasteiger partial charge in [-0.25, -0.2) is 14.8 Å². The van der Waals surface area contributed by atoms with Gasteiger partial charge in [-0.05, 0) is 44.5 Å². The highest BCUT2D eigenvalue weighted by Crippen LogP contribution is 2.17. The van der Waals surface area contributed by atoms with Crippen LogP contribution in [0.5, 0.6) is 0 Å². The third-order valence-electron chi connectivity index (χ3n) is 3.91. The van der Waals surface area contributed by atoms with E-state index < -0.39 is 0 Å². The van der Waals surface area contributed by atoms with Gasteiger partial charge in [0.05, 0.1) is 22.4 Å². The quantitative estimate of drug-likeness (QED) is 0.769. The Morgan fingerprint density at radius 1 is 0.917 bits per heavy atom. The number of hydrogen-bond donors (Lipinski definition) is 2. The minimum atomic E-state index is -0.244. The van der Waals surface area contributed by atoms with E-state index in [4.69, 9.17) is 0 Å². The molecular weight excluding hydrogens is 300 g/mol. The summed E-state index contributed by atoms with van der Waals surface area (Å²) in [6, 6.07) is 13.4. The molecule has 3 rings (SSSR count). The second kappa shape index (κ2) is 6.66. The molecule has 0 aliphatic carbocycles. The number of benzene rings is 2. The van der Waals surface area contributed by atoms with Gasteiger partial charge < -0.3 is 10.6 Å². The predicted molar refractivity (Wildman–Crippen MR) is 96.0 cm³/mol. The first-order valence-electron chi connectivity index (χ1n) is 7.87. The molecule has 0 spiro atoms. The maximum atomic E-state index is 12.1. The van der Waals surface area contributed by atoms with E-state index in [1.54, 1.807) is 0 Å². The molecule has 122 valence electrons. The molecule has 0 unspecified atom stereocenters. The topological polar surface area (TPSA) is 66.9 Å². The molecule has 2 amide bonds. The lowest BCUT2D eigenvalue weighted by molar-refractivity contribution is 0.251. The zero-order valence-electron chi connectivity index (χ0n) is 14.1. The Kier molecular flexibility index (Phi) is 4.42. The number of hydrogen-bond acceptors (Lipinski definition) is 3. The van der Waals surface area contributed by atoms with Gasteiger partial charge in [0.1, 0.15) is 0 Å². The van der Waals surface area contributed by atoms with Gasteiger partial charge in [0.25, 0.3) is 0 Å². The van der Waals surface area contributed by atoms with Crippen molar-refractivity contribution < 1.29 is 4.79 Å². The van der Waals surface area contributed by atoms with Crippen LogP contribution in [-0.4, -0.2) is 16.0 Å². The van der Waals surface area contributed by atoms with Gasteiger partial charge in [-0.1, -0.05) is 29.8 Å². The predicted octanol–water partition coefficient (Wildman–Crippen LogP) is 3.88. The molecule has 1 aromatic heterocycles. The van der Waals surface area contributed by atoms with Gasteiger partial charge >= 0.3 is 6.03 Å². The van der Waals surface area contributed by atoms with Gasteiger partial charge in [-0.15, -0.1) is 0 Å². The molecule has 5 heteroatoms. The Morgan fingerprint density at radius 3 is 2.29 bits per heavy atom. The van der Waals surface area contributed by atoms with Crippen LogP contribution in [0.2, 0.25) is 0 Å². The average molecular weight is 320 g/mol. The largest absolute Gasteiger partial charge is 0.334 e. The number of nitrogens with zero attached hydrogens (tertiary/aromatic N) is 2. The second-order valence-electron chi connectivity index (χ2n) is 5.89. The number of fused-ring (bicyclic) bond motifs is 1. The molecule has 0 saturated carbocycles. The first kappa shape index (κ1) is 15.9. The molecule has 3 aromatic rings. The highest BCUT2D eigenvalue weighted by Gasteiger charge is 2.05. The molecule has 5 nitrogen and oxygen atoms in total. The number of rotatable bonds is 3. The molecule has 0 aliphatic heterocycles. The highest BCUT2D eigenvalue weighted by atomic mass is 16.2. The molecule has 0 atom stereocenters. The van der Waals surface area contributed by atoms with E-state index in [1.165, 1.54) is 5.56 Å². The summed E-state index contributed by atoms with van der Waals surface area (Å²) in [5.41, 5.74) is 6.36. The number of aryl methyl sites for hydroxylation is 3. The van der Waals surface area contributed by atoms with Crippen molar-refractivity contribution >= 4 is 22.8 Å². The molecule has 0 aliphatic rings. The Morgan fingerprint density at radius 2 is 1.58 bits per heavy atom. The molecule has 0 bridgehead atoms. The van der Waals surface area contributed by atoms with Crippen LogP contribution in [0.3, 0.4) is 0 Å². The molecular formula is C19H20N4O. The number of aromatic nitrogens is 2. The van der Waals surface area contributed by atoms with Crippen molar-refractivity contribution in [3.05, 3.63) is 65.0 Å². The molecule has 0 saturated heterocycles. The number of anilines is 1. The number of nitrogens with one attached hydrogen (secondary N) is 2. The van der Waals surface area contributed by atoms with Gasteiger partial charge in [0, 0.05) is 12.2 Å². The van der Waals surface area contributed by atoms with Gasteiger partial charge in [-0.3, -0.25) is 0 Å². The van der Waals surface area contributed by atoms with Crippen LogP contribution in [0.25, 0.3) is 11.0 Å². The van der Waals surface area contributed by atoms with E-state index in [1.807, 2.05) is 63.2 Å². The zero-order valence-corrected chi connectivity index (χ0v) is 14.1. The normalized spacial score (nSPS) is 10.6. The van der Waals surface area contributed by atoms with Crippen LogP contribution in [0.1, 0.15) is 22.5 Å². The zero-order chi connectivity index (χ0) is 17.1. The minimum Gasteiger partial charge on any atom is -0.334 e. The Balaban J connectivity index is 1.66. The van der Waals surface area contributed by atoms with Crippen molar-refractivity contribution in [1.29, 1.82) is 0 Å². The van der Waals surface area contributed by atoms with E-state index in [-0.39, 0.29) is 6.03 Å². The molecule has 1 heterocycles. The Hall–Kier alpha value is -2.95. The van der Waals surface area contributed by atoms with E-state index in [9.17, 15) is 4.79 Å². The number of amides is 2. The van der Waals surface area contributed by atoms with Crippen LogP contribution < -0.4 is 10.6 Å². The third-order valence-corrected chi connectivity index (χ3v) is 3.91. The number of urea groups is 1. The monoisotopic (exact) mass is 320 g/mol. The molecule has 0 radical (unpaired) electrons. The summed E-state index contributed by atoms with van der Waals surface area (Å²) >= 11 is 0. The fraction of sp³-hybridized carbons (Fsp3) is 0.211. The van der Waals surface area contributed by atoms with Crippen LogP contribution >= 0.6 is 0 Å². The molecule has 24 heavy (non-hydrogen) atoms. The van der Waals surface area contributed by atoms with Crippen LogP contribution in [-0.2, 0) is 6.54 Å². The van der Waals surface area contributed by atoms with Crippen molar-refractivity contribution in [1.82, 2.24) is 15.3 Å². The SMILES string of the molecule is Cc1ccc(CNC(=O)Nc2ccc3nc(C)c(C)nc3c2)cc1. The van der Waals surface area contributed by atoms with Crippen LogP contribution in [0.4, 0.5) is 10.5 Å². The van der Waals surface area contributed by atoms with Gasteiger partial charge in [0.2, 0.25) is 0 Å². The van der Waals surface area contributed by atoms with E-state index in [0.29, 0.717) is 12.2 Å². The lowest BCUT2D eigenvalue weighted by Gasteiger charge is -2.09. The summed E-state index contributed by atoms with van der Waals surface area (Å²) < 4.78 is 0. The van der Waals surface area contributed by atoms with Gasteiger partial charge in [-0.2, -0.15) is 0 Å². The van der Waals surface area contributed by atoms with Crippen molar-refractivity contribution in [2.24, 2.45) is 0 Å². The maximum Gasteiger partial charge on any atom is 0.319 e. The first-order valence-corrected chi connectivity index (χ1v) is 7.87. The van der Waals surface area contributed by atoms with E-state index in [0.717, 1.165) is 28.0 Å². The minimum absolute atomic E-state index is 0.244. The summed E-state index contributed by atoms with van der Waals surface area (Å²) in [5, 5.41) is 5.68. The number of carbonyl (C=O) groups is 1. The molecule has 0 fully saturated rings. The maximum absolute atomic E-state index is 12.1. The Labute approximate surface area is 141 Å². The van der Waals surface area contributed by atoms with Crippen molar-refractivity contribution in [3.8, 4) is 0 Å². The van der Waals surface area contributed by atoms with E-state index in [2.05, 4.69) is 20.6 Å².